The number of nitrogens with zero attached hydrogens (tertiary/aromatic N) is 2. The average molecular weight is 1110 g/mol. The molecule has 0 radical (unpaired) electrons. The van der Waals surface area contributed by atoms with Gasteiger partial charge in [0.2, 0.25) is 0 Å². The third kappa shape index (κ3) is 7.24. The lowest BCUT2D eigenvalue weighted by Crippen LogP contribution is -1.96. The molecule has 392 valence electrons. The number of para-hydroxylation sites is 4. The molecule has 0 unspecified atom stereocenters. The first-order chi connectivity index (χ1) is 41.6. The highest BCUT2D eigenvalue weighted by atomic mass is 32.1. The van der Waals surface area contributed by atoms with E-state index in [0.717, 1.165) is 0 Å². The minimum atomic E-state index is 1.17. The van der Waals surface area contributed by atoms with E-state index in [9.17, 15) is 0 Å². The number of hydrogen-bond acceptors (Lipinski definition) is 2. The largest absolute Gasteiger partial charge is 0.353 e. The summed E-state index contributed by atoms with van der Waals surface area (Å²) in [4.78, 5) is 7.44. The lowest BCUT2D eigenvalue weighted by Gasteiger charge is -2.14. The van der Waals surface area contributed by atoms with Crippen LogP contribution in [0.1, 0.15) is 0 Å². The van der Waals surface area contributed by atoms with Crippen molar-refractivity contribution < 1.29 is 0 Å². The second-order valence-corrected chi connectivity index (χ2v) is 24.2. The standard InChI is InChI=1S/C42H26N2S.C36H22N2S/c1-3-11-26(12-4-1)28-21-29(27-13-5-2-6-14-27)23-30(22-28)44-38-18-10-8-16-32(38)35-24-36-34-20-19-33-31-15-7-9-17-37(31)43-41(33)42(34)45-40(36)25-39(35)44;1-2-9-22(10-3-1)23-11-8-12-24(19-23)38-32-16-7-5-14-26(32)29-20-30-28-18-17-27-25-13-4-6-15-31(25)37-35(27)36(28)39-34(30)21-33(29)38/h1-25,43H;1-21,37H. The van der Waals surface area contributed by atoms with Gasteiger partial charge in [-0.15, -0.1) is 22.7 Å². The quantitative estimate of drug-likeness (QED) is 0.172. The molecule has 13 aromatic carbocycles. The van der Waals surface area contributed by atoms with Crippen molar-refractivity contribution in [3.63, 3.8) is 0 Å². The third-order valence-electron chi connectivity index (χ3n) is 17.4. The number of aromatic nitrogens is 4. The first kappa shape index (κ1) is 47.2. The molecule has 0 saturated heterocycles. The van der Waals surface area contributed by atoms with Crippen LogP contribution in [0.25, 0.3) is 172 Å². The van der Waals surface area contributed by atoms with Crippen molar-refractivity contribution in [2.24, 2.45) is 0 Å². The van der Waals surface area contributed by atoms with Crippen molar-refractivity contribution in [3.05, 3.63) is 279 Å². The van der Waals surface area contributed by atoms with Gasteiger partial charge in [-0.25, -0.2) is 0 Å². The maximum atomic E-state index is 3.73. The van der Waals surface area contributed by atoms with Gasteiger partial charge in [-0.3, -0.25) is 0 Å². The number of aromatic amines is 2. The van der Waals surface area contributed by atoms with Gasteiger partial charge >= 0.3 is 0 Å². The topological polar surface area (TPSA) is 41.4 Å². The van der Waals surface area contributed by atoms with E-state index in [1.807, 2.05) is 22.7 Å². The van der Waals surface area contributed by atoms with Crippen LogP contribution in [0.15, 0.2) is 279 Å². The highest BCUT2D eigenvalue weighted by Crippen LogP contribution is 2.47. The summed E-state index contributed by atoms with van der Waals surface area (Å²) >= 11 is 3.78. The predicted octanol–water partition coefficient (Wildman–Crippen LogP) is 22.6. The average Bonchev–Trinajstić information content (AvgIpc) is 3.09. The summed E-state index contributed by atoms with van der Waals surface area (Å²) in [5.74, 6) is 0. The molecule has 19 rings (SSSR count). The summed E-state index contributed by atoms with van der Waals surface area (Å²) in [6, 6.07) is 102. The number of benzene rings is 13. The van der Waals surface area contributed by atoms with E-state index in [4.69, 9.17) is 0 Å². The Labute approximate surface area is 489 Å². The van der Waals surface area contributed by atoms with Crippen molar-refractivity contribution >= 4 is 150 Å². The monoisotopic (exact) mass is 1100 g/mol. The van der Waals surface area contributed by atoms with Gasteiger partial charge in [0, 0.05) is 96.4 Å². The highest BCUT2D eigenvalue weighted by molar-refractivity contribution is 7.27. The zero-order valence-electron chi connectivity index (χ0n) is 45.3. The molecule has 6 heteroatoms. The molecule has 0 aliphatic carbocycles. The smallest absolute Gasteiger partial charge is 0.0646 e. The van der Waals surface area contributed by atoms with Gasteiger partial charge in [-0.2, -0.15) is 0 Å². The molecular formula is C78H48N4S2. The fourth-order valence-electron chi connectivity index (χ4n) is 13.6. The van der Waals surface area contributed by atoms with E-state index < -0.39 is 0 Å². The number of hydrogen-bond donors (Lipinski definition) is 2. The van der Waals surface area contributed by atoms with Crippen LogP contribution in [0.3, 0.4) is 0 Å². The molecule has 0 aliphatic rings. The third-order valence-corrected chi connectivity index (χ3v) is 19.8. The molecule has 6 aromatic heterocycles. The minimum absolute atomic E-state index is 1.17. The molecule has 0 fully saturated rings. The molecule has 0 amide bonds. The number of fused-ring (bicyclic) bond motifs is 20. The SMILES string of the molecule is c1ccc(-c2cc(-c3ccccc3)cc(-n3c4ccccc4c4cc5c(cc43)sc3c5ccc4c5ccccc5[nH]c43)c2)cc1.c1ccc(-c2cccc(-n3c4ccccc4c4cc5c(cc43)sc3c5ccc4c5ccccc5[nH]c43)c2)cc1. The van der Waals surface area contributed by atoms with Crippen molar-refractivity contribution in [1.29, 1.82) is 0 Å². The minimum Gasteiger partial charge on any atom is -0.353 e. The molecule has 2 N–H and O–H groups in total. The Hall–Kier alpha value is -10.5. The summed E-state index contributed by atoms with van der Waals surface area (Å²) in [7, 11) is 0. The Balaban J connectivity index is 0.000000129. The van der Waals surface area contributed by atoms with Crippen LogP contribution < -0.4 is 0 Å². The molecule has 19 aromatic rings. The summed E-state index contributed by atoms with van der Waals surface area (Å²) < 4.78 is 10.2. The molecular weight excluding hydrogens is 1060 g/mol. The molecule has 0 aliphatic heterocycles. The van der Waals surface area contributed by atoms with Crippen molar-refractivity contribution in [1.82, 2.24) is 19.1 Å². The van der Waals surface area contributed by atoms with Gasteiger partial charge in [0.05, 0.1) is 42.5 Å². The summed E-state index contributed by atoms with van der Waals surface area (Å²) in [6.45, 7) is 0. The van der Waals surface area contributed by atoms with E-state index in [1.165, 1.54) is 172 Å². The van der Waals surface area contributed by atoms with E-state index in [1.54, 1.807) is 0 Å². The van der Waals surface area contributed by atoms with Crippen LogP contribution >= 0.6 is 22.7 Å². The molecule has 84 heavy (non-hydrogen) atoms. The molecule has 0 spiro atoms. The zero-order chi connectivity index (χ0) is 55.0. The van der Waals surface area contributed by atoms with Crippen molar-refractivity contribution in [2.75, 3.05) is 0 Å². The second kappa shape index (κ2) is 18.5. The van der Waals surface area contributed by atoms with E-state index in [-0.39, 0.29) is 0 Å². The number of rotatable bonds is 5. The van der Waals surface area contributed by atoms with Crippen LogP contribution in [0.2, 0.25) is 0 Å². The van der Waals surface area contributed by atoms with E-state index >= 15 is 0 Å². The fraction of sp³-hybridized carbons (Fsp3) is 0. The number of nitrogens with one attached hydrogen (secondary N) is 2. The number of H-pyrrole nitrogens is 2. The highest BCUT2D eigenvalue weighted by Gasteiger charge is 2.21. The van der Waals surface area contributed by atoms with Gasteiger partial charge in [0.1, 0.15) is 0 Å². The van der Waals surface area contributed by atoms with Gasteiger partial charge in [0.25, 0.3) is 0 Å². The predicted molar refractivity (Wildman–Crippen MR) is 362 cm³/mol. The summed E-state index contributed by atoms with van der Waals surface area (Å²) in [5.41, 5.74) is 19.4. The Bertz CT molecular complexity index is 5800. The molecule has 4 nitrogen and oxygen atoms in total. The van der Waals surface area contributed by atoms with Gasteiger partial charge in [-0.05, 0) is 112 Å². The van der Waals surface area contributed by atoms with Crippen LogP contribution in [0.4, 0.5) is 0 Å². The zero-order valence-corrected chi connectivity index (χ0v) is 46.9. The lowest BCUT2D eigenvalue weighted by atomic mass is 9.98. The molecule has 0 atom stereocenters. The number of thiophene rings is 2. The Morgan fingerprint density at radius 2 is 0.619 bits per heavy atom. The molecule has 6 heterocycles. The Morgan fingerprint density at radius 3 is 1.12 bits per heavy atom. The summed E-state index contributed by atoms with van der Waals surface area (Å²) in [6.07, 6.45) is 0. The van der Waals surface area contributed by atoms with Gasteiger partial charge in [0.15, 0.2) is 0 Å². The Kier molecular flexibility index (Phi) is 10.4. The first-order valence-corrected chi connectivity index (χ1v) is 30.3. The van der Waals surface area contributed by atoms with E-state index in [2.05, 4.69) is 298 Å². The maximum absolute atomic E-state index is 3.73. The Morgan fingerprint density at radius 1 is 0.226 bits per heavy atom. The fourth-order valence-corrected chi connectivity index (χ4v) is 16.0. The van der Waals surface area contributed by atoms with Crippen molar-refractivity contribution in [2.45, 2.75) is 0 Å². The molecule has 0 saturated carbocycles. The van der Waals surface area contributed by atoms with Gasteiger partial charge < -0.3 is 19.1 Å². The normalized spacial score (nSPS) is 12.0. The summed E-state index contributed by atoms with van der Waals surface area (Å²) in [5, 5.41) is 15.5. The first-order valence-electron chi connectivity index (χ1n) is 28.6. The van der Waals surface area contributed by atoms with E-state index in [0.29, 0.717) is 0 Å². The lowest BCUT2D eigenvalue weighted by molar-refractivity contribution is 1.18. The maximum Gasteiger partial charge on any atom is 0.0646 e. The van der Waals surface area contributed by atoms with Crippen LogP contribution in [0, 0.1) is 0 Å². The van der Waals surface area contributed by atoms with Crippen LogP contribution in [-0.2, 0) is 0 Å². The molecule has 0 bridgehead atoms. The van der Waals surface area contributed by atoms with Crippen LogP contribution in [-0.4, -0.2) is 19.1 Å². The van der Waals surface area contributed by atoms with Crippen LogP contribution in [0.5, 0.6) is 0 Å². The van der Waals surface area contributed by atoms with Crippen molar-refractivity contribution in [3.8, 4) is 44.8 Å². The second-order valence-electron chi connectivity index (χ2n) is 22.1. The van der Waals surface area contributed by atoms with Gasteiger partial charge in [-0.1, -0.05) is 200 Å².